The molecule has 0 saturated heterocycles. The normalized spacial score (nSPS) is 16.0. The van der Waals surface area contributed by atoms with E-state index in [4.69, 9.17) is 10.5 Å². The van der Waals surface area contributed by atoms with Crippen molar-refractivity contribution in [2.24, 2.45) is 5.73 Å². The van der Waals surface area contributed by atoms with E-state index in [2.05, 4.69) is 4.98 Å². The van der Waals surface area contributed by atoms with E-state index in [1.54, 1.807) is 12.3 Å². The van der Waals surface area contributed by atoms with Crippen molar-refractivity contribution >= 4 is 22.5 Å². The molecular formula is C20H18FN3O2. The molecule has 6 heteroatoms. The molecule has 2 N–H and O–H groups in total. The predicted molar refractivity (Wildman–Crippen MR) is 97.8 cm³/mol. The van der Waals surface area contributed by atoms with Crippen molar-refractivity contribution in [1.29, 1.82) is 0 Å². The number of nitrogens with two attached hydrogens (primary N) is 1. The number of primary amides is 1. The van der Waals surface area contributed by atoms with Crippen LogP contribution in [-0.4, -0.2) is 17.6 Å². The second kappa shape index (κ2) is 6.29. The van der Waals surface area contributed by atoms with Crippen LogP contribution in [0.25, 0.3) is 10.8 Å². The number of hydrogen-bond acceptors (Lipinski definition) is 3. The molecule has 26 heavy (non-hydrogen) atoms. The van der Waals surface area contributed by atoms with Gasteiger partial charge >= 0.3 is 6.03 Å². The molecule has 1 aliphatic heterocycles. The number of rotatable bonds is 2. The van der Waals surface area contributed by atoms with E-state index >= 15 is 0 Å². The van der Waals surface area contributed by atoms with Gasteiger partial charge in [0.15, 0.2) is 0 Å². The highest BCUT2D eigenvalue weighted by Gasteiger charge is 2.31. The quantitative estimate of drug-likeness (QED) is 0.756. The molecule has 0 saturated carbocycles. The Balaban J connectivity index is 1.91. The maximum Gasteiger partial charge on any atom is 0.319 e. The molecule has 1 unspecified atom stereocenters. The Morgan fingerprint density at radius 2 is 2.15 bits per heavy atom. The minimum atomic E-state index is -0.589. The Hall–Kier alpha value is -3.15. The third kappa shape index (κ3) is 2.73. The third-order valence-corrected chi connectivity index (χ3v) is 4.67. The Kier molecular flexibility index (Phi) is 3.95. The number of aryl methyl sites for hydroxylation is 1. The molecule has 1 aliphatic rings. The van der Waals surface area contributed by atoms with Gasteiger partial charge in [-0.15, -0.1) is 0 Å². The number of nitrogens with zero attached hydrogens (tertiary/aromatic N) is 2. The van der Waals surface area contributed by atoms with Crippen molar-refractivity contribution in [3.05, 3.63) is 65.7 Å². The molecule has 2 aromatic carbocycles. The van der Waals surface area contributed by atoms with Gasteiger partial charge < -0.3 is 10.5 Å². The number of benzene rings is 2. The smallest absolute Gasteiger partial charge is 0.319 e. The highest BCUT2D eigenvalue weighted by molar-refractivity contribution is 6.03. The van der Waals surface area contributed by atoms with Crippen molar-refractivity contribution in [1.82, 2.24) is 4.98 Å². The average molecular weight is 351 g/mol. The van der Waals surface area contributed by atoms with Crippen LogP contribution in [0.1, 0.15) is 23.7 Å². The number of anilines is 1. The van der Waals surface area contributed by atoms with Crippen LogP contribution in [0.3, 0.4) is 0 Å². The third-order valence-electron chi connectivity index (χ3n) is 4.67. The van der Waals surface area contributed by atoms with Crippen LogP contribution in [0.5, 0.6) is 5.75 Å². The van der Waals surface area contributed by atoms with Crippen LogP contribution in [0.4, 0.5) is 14.9 Å². The summed E-state index contributed by atoms with van der Waals surface area (Å²) in [5, 5.41) is 1.79. The monoisotopic (exact) mass is 351 g/mol. The number of carbonyl (C=O) groups excluding carboxylic acids is 1. The minimum Gasteiger partial charge on any atom is -0.493 e. The molecule has 3 aromatic rings. The van der Waals surface area contributed by atoms with Gasteiger partial charge in [0.2, 0.25) is 0 Å². The highest BCUT2D eigenvalue weighted by atomic mass is 19.1. The van der Waals surface area contributed by atoms with Gasteiger partial charge in [0.25, 0.3) is 0 Å². The number of halogens is 1. The van der Waals surface area contributed by atoms with Gasteiger partial charge in [-0.25, -0.2) is 9.18 Å². The van der Waals surface area contributed by atoms with E-state index in [0.29, 0.717) is 30.0 Å². The lowest BCUT2D eigenvalue weighted by atomic mass is 9.97. The standard InChI is InChI=1S/C20H18FN3O2/c1-12-9-15-13(11-23-12)3-2-4-17(15)24(20(22)25)18-7-8-26-19-6-5-14(21)10-16(18)19/h2-6,9-11,18H,7-8H2,1H3,(H2,22,25). The number of urea groups is 1. The van der Waals surface area contributed by atoms with Gasteiger partial charge in [0, 0.05) is 34.6 Å². The lowest BCUT2D eigenvalue weighted by Gasteiger charge is -2.35. The Labute approximate surface area is 150 Å². The molecule has 4 rings (SSSR count). The van der Waals surface area contributed by atoms with Crippen molar-refractivity contribution in [3.63, 3.8) is 0 Å². The van der Waals surface area contributed by atoms with Crippen molar-refractivity contribution < 1.29 is 13.9 Å². The number of aromatic nitrogens is 1. The topological polar surface area (TPSA) is 68.5 Å². The highest BCUT2D eigenvalue weighted by Crippen LogP contribution is 2.40. The average Bonchev–Trinajstić information content (AvgIpc) is 2.62. The summed E-state index contributed by atoms with van der Waals surface area (Å²) in [5.41, 5.74) is 7.91. The molecule has 0 radical (unpaired) electrons. The summed E-state index contributed by atoms with van der Waals surface area (Å²) < 4.78 is 19.5. The zero-order valence-electron chi connectivity index (χ0n) is 14.3. The van der Waals surface area contributed by atoms with E-state index in [-0.39, 0.29) is 5.82 Å². The molecule has 0 fully saturated rings. The van der Waals surface area contributed by atoms with Gasteiger partial charge in [0.05, 0.1) is 18.3 Å². The fourth-order valence-corrected chi connectivity index (χ4v) is 3.52. The number of carbonyl (C=O) groups is 1. The van der Waals surface area contributed by atoms with Crippen LogP contribution < -0.4 is 15.4 Å². The molecule has 0 spiro atoms. The summed E-state index contributed by atoms with van der Waals surface area (Å²) in [6.45, 7) is 2.32. The van der Waals surface area contributed by atoms with Crippen LogP contribution in [-0.2, 0) is 0 Å². The second-order valence-corrected chi connectivity index (χ2v) is 6.37. The summed E-state index contributed by atoms with van der Waals surface area (Å²) in [4.78, 5) is 18.3. The SMILES string of the molecule is Cc1cc2c(N(C(N)=O)C3CCOc4ccc(F)cc43)cccc2cn1. The fourth-order valence-electron chi connectivity index (χ4n) is 3.52. The van der Waals surface area contributed by atoms with Crippen LogP contribution in [0, 0.1) is 12.7 Å². The first-order valence-electron chi connectivity index (χ1n) is 8.41. The summed E-state index contributed by atoms with van der Waals surface area (Å²) in [6.07, 6.45) is 2.30. The maximum absolute atomic E-state index is 13.8. The number of pyridine rings is 1. The summed E-state index contributed by atoms with van der Waals surface area (Å²) in [7, 11) is 0. The van der Waals surface area contributed by atoms with Crippen molar-refractivity contribution in [3.8, 4) is 5.75 Å². The van der Waals surface area contributed by atoms with Crippen LogP contribution in [0.2, 0.25) is 0 Å². The lowest BCUT2D eigenvalue weighted by molar-refractivity contribution is 0.240. The van der Waals surface area contributed by atoms with Gasteiger partial charge in [-0.2, -0.15) is 0 Å². The largest absolute Gasteiger partial charge is 0.493 e. The van der Waals surface area contributed by atoms with E-state index < -0.39 is 12.1 Å². The van der Waals surface area contributed by atoms with Gasteiger partial charge in [0.1, 0.15) is 11.6 Å². The molecule has 2 heterocycles. The molecular weight excluding hydrogens is 333 g/mol. The molecule has 1 aromatic heterocycles. The van der Waals surface area contributed by atoms with E-state index in [9.17, 15) is 9.18 Å². The summed E-state index contributed by atoms with van der Waals surface area (Å²) in [5.74, 6) is 0.202. The summed E-state index contributed by atoms with van der Waals surface area (Å²) in [6, 6.07) is 10.9. The van der Waals surface area contributed by atoms with E-state index in [0.717, 1.165) is 16.5 Å². The Morgan fingerprint density at radius 3 is 2.96 bits per heavy atom. The fraction of sp³-hybridized carbons (Fsp3) is 0.200. The molecule has 1 atom stereocenters. The van der Waals surface area contributed by atoms with Gasteiger partial charge in [-0.1, -0.05) is 12.1 Å². The molecule has 132 valence electrons. The molecule has 5 nitrogen and oxygen atoms in total. The predicted octanol–water partition coefficient (Wildman–Crippen LogP) is 4.09. The second-order valence-electron chi connectivity index (χ2n) is 6.37. The van der Waals surface area contributed by atoms with E-state index in [1.165, 1.54) is 17.0 Å². The lowest BCUT2D eigenvalue weighted by Crippen LogP contribution is -2.41. The minimum absolute atomic E-state index is 0.373. The number of amides is 2. The van der Waals surface area contributed by atoms with Gasteiger partial charge in [-0.05, 0) is 37.3 Å². The number of fused-ring (bicyclic) bond motifs is 2. The molecule has 0 bridgehead atoms. The number of hydrogen-bond donors (Lipinski definition) is 1. The van der Waals surface area contributed by atoms with E-state index in [1.807, 2.05) is 31.2 Å². The first-order chi connectivity index (χ1) is 12.5. The first kappa shape index (κ1) is 16.3. The zero-order chi connectivity index (χ0) is 18.3. The zero-order valence-corrected chi connectivity index (χ0v) is 14.3. The number of ether oxygens (including phenoxy) is 1. The van der Waals surface area contributed by atoms with Gasteiger partial charge in [-0.3, -0.25) is 9.88 Å². The van der Waals surface area contributed by atoms with Crippen molar-refractivity contribution in [2.45, 2.75) is 19.4 Å². The summed E-state index contributed by atoms with van der Waals surface area (Å²) >= 11 is 0. The Bertz CT molecular complexity index is 1010. The Morgan fingerprint density at radius 1 is 1.31 bits per heavy atom. The maximum atomic E-state index is 13.8. The van der Waals surface area contributed by atoms with Crippen LogP contribution in [0.15, 0.2) is 48.7 Å². The first-order valence-corrected chi connectivity index (χ1v) is 8.41. The van der Waals surface area contributed by atoms with Crippen LogP contribution >= 0.6 is 0 Å². The van der Waals surface area contributed by atoms with Crippen molar-refractivity contribution in [2.75, 3.05) is 11.5 Å². The molecule has 0 aliphatic carbocycles. The molecule has 2 amide bonds.